The molecular formula is C12H13F2N3S. The summed E-state index contributed by atoms with van der Waals surface area (Å²) in [5.41, 5.74) is 7.03. The Kier molecular flexibility index (Phi) is 3.88. The van der Waals surface area contributed by atoms with Crippen LogP contribution in [-0.2, 0) is 6.42 Å². The second-order valence-electron chi connectivity index (χ2n) is 4.08. The summed E-state index contributed by atoms with van der Waals surface area (Å²) in [5, 5.41) is 5.46. The minimum atomic E-state index is -0.882. The highest BCUT2D eigenvalue weighted by molar-refractivity contribution is 7.13. The molecule has 0 aliphatic rings. The van der Waals surface area contributed by atoms with Crippen molar-refractivity contribution in [3.05, 3.63) is 40.9 Å². The monoisotopic (exact) mass is 269 g/mol. The number of nitrogens with zero attached hydrogens (tertiary/aromatic N) is 1. The first-order valence-corrected chi connectivity index (χ1v) is 6.34. The second kappa shape index (κ2) is 5.41. The minimum absolute atomic E-state index is 0.0446. The van der Waals surface area contributed by atoms with Gasteiger partial charge in [0.15, 0.2) is 16.8 Å². The zero-order valence-corrected chi connectivity index (χ0v) is 10.6. The molecule has 96 valence electrons. The summed E-state index contributed by atoms with van der Waals surface area (Å²) < 4.78 is 25.8. The molecular weight excluding hydrogens is 256 g/mol. The van der Waals surface area contributed by atoms with E-state index in [9.17, 15) is 8.78 Å². The van der Waals surface area contributed by atoms with Crippen molar-refractivity contribution in [3.8, 4) is 0 Å². The summed E-state index contributed by atoms with van der Waals surface area (Å²) in [6.45, 7) is 1.90. The third kappa shape index (κ3) is 3.24. The quantitative estimate of drug-likeness (QED) is 0.897. The van der Waals surface area contributed by atoms with Gasteiger partial charge < -0.3 is 11.1 Å². The molecule has 1 heterocycles. The highest BCUT2D eigenvalue weighted by Gasteiger charge is 2.06. The predicted molar refractivity (Wildman–Crippen MR) is 69.1 cm³/mol. The van der Waals surface area contributed by atoms with E-state index in [1.54, 1.807) is 0 Å². The SMILES string of the molecule is CC(N)Cc1csc(Nc2ccc(F)c(F)c2)n1. The molecule has 0 aliphatic heterocycles. The summed E-state index contributed by atoms with van der Waals surface area (Å²) in [7, 11) is 0. The number of aromatic nitrogens is 1. The van der Waals surface area contributed by atoms with E-state index in [2.05, 4.69) is 10.3 Å². The Balaban J connectivity index is 2.08. The summed E-state index contributed by atoms with van der Waals surface area (Å²) in [4.78, 5) is 4.31. The van der Waals surface area contributed by atoms with Gasteiger partial charge in [-0.05, 0) is 19.1 Å². The molecule has 0 fully saturated rings. The summed E-state index contributed by atoms with van der Waals surface area (Å²) in [6, 6.07) is 3.68. The van der Waals surface area contributed by atoms with Crippen LogP contribution in [0.3, 0.4) is 0 Å². The maximum absolute atomic E-state index is 13.0. The lowest BCUT2D eigenvalue weighted by molar-refractivity contribution is 0.509. The van der Waals surface area contributed by atoms with Crippen molar-refractivity contribution in [1.82, 2.24) is 4.98 Å². The average molecular weight is 269 g/mol. The Morgan fingerprint density at radius 2 is 2.17 bits per heavy atom. The van der Waals surface area contributed by atoms with E-state index in [0.717, 1.165) is 17.8 Å². The first kappa shape index (κ1) is 12.9. The van der Waals surface area contributed by atoms with Crippen LogP contribution in [0.15, 0.2) is 23.6 Å². The molecule has 0 amide bonds. The molecule has 0 saturated carbocycles. The molecule has 0 saturated heterocycles. The maximum Gasteiger partial charge on any atom is 0.187 e. The summed E-state index contributed by atoms with van der Waals surface area (Å²) >= 11 is 1.40. The fraction of sp³-hybridized carbons (Fsp3) is 0.250. The Morgan fingerprint density at radius 3 is 2.83 bits per heavy atom. The molecule has 0 spiro atoms. The van der Waals surface area contributed by atoms with E-state index in [1.165, 1.54) is 17.4 Å². The molecule has 0 bridgehead atoms. The zero-order chi connectivity index (χ0) is 13.1. The molecule has 1 aromatic heterocycles. The van der Waals surface area contributed by atoms with Crippen molar-refractivity contribution in [1.29, 1.82) is 0 Å². The number of rotatable bonds is 4. The molecule has 3 N–H and O–H groups in total. The van der Waals surface area contributed by atoms with Gasteiger partial charge in [0.25, 0.3) is 0 Å². The minimum Gasteiger partial charge on any atom is -0.331 e. The number of hydrogen-bond acceptors (Lipinski definition) is 4. The average Bonchev–Trinajstić information content (AvgIpc) is 2.70. The van der Waals surface area contributed by atoms with Gasteiger partial charge >= 0.3 is 0 Å². The third-order valence-electron chi connectivity index (χ3n) is 2.25. The number of halogens is 2. The summed E-state index contributed by atoms with van der Waals surface area (Å²) in [5.74, 6) is -1.75. The van der Waals surface area contributed by atoms with E-state index in [1.807, 2.05) is 12.3 Å². The standard InChI is InChI=1S/C12H13F2N3S/c1-7(15)4-9-6-18-12(17-9)16-8-2-3-10(13)11(14)5-8/h2-3,5-7H,4,15H2,1H3,(H,16,17). The van der Waals surface area contributed by atoms with Gasteiger partial charge in [0.2, 0.25) is 0 Å². The number of nitrogens with one attached hydrogen (secondary N) is 1. The van der Waals surface area contributed by atoms with Gasteiger partial charge in [-0.15, -0.1) is 11.3 Å². The third-order valence-corrected chi connectivity index (χ3v) is 3.06. The molecule has 6 heteroatoms. The first-order chi connectivity index (χ1) is 8.54. The van der Waals surface area contributed by atoms with Crippen LogP contribution in [-0.4, -0.2) is 11.0 Å². The maximum atomic E-state index is 13.0. The topological polar surface area (TPSA) is 50.9 Å². The largest absolute Gasteiger partial charge is 0.331 e. The van der Waals surface area contributed by atoms with Gasteiger partial charge in [0, 0.05) is 29.6 Å². The lowest BCUT2D eigenvalue weighted by atomic mass is 10.2. The molecule has 1 atom stereocenters. The lowest BCUT2D eigenvalue weighted by Crippen LogP contribution is -2.17. The van der Waals surface area contributed by atoms with Crippen molar-refractivity contribution < 1.29 is 8.78 Å². The molecule has 2 aromatic rings. The number of anilines is 2. The fourth-order valence-corrected chi connectivity index (χ4v) is 2.23. The normalized spacial score (nSPS) is 12.4. The fourth-order valence-electron chi connectivity index (χ4n) is 1.49. The molecule has 1 unspecified atom stereocenters. The van der Waals surface area contributed by atoms with Crippen LogP contribution in [0.2, 0.25) is 0 Å². The van der Waals surface area contributed by atoms with Gasteiger partial charge in [0.05, 0.1) is 5.69 Å². The van der Waals surface area contributed by atoms with E-state index in [0.29, 0.717) is 17.2 Å². The number of thiazole rings is 1. The number of benzene rings is 1. The number of nitrogens with two attached hydrogens (primary N) is 1. The highest BCUT2D eigenvalue weighted by Crippen LogP contribution is 2.22. The van der Waals surface area contributed by atoms with Crippen molar-refractivity contribution in [2.45, 2.75) is 19.4 Å². The van der Waals surface area contributed by atoms with Gasteiger partial charge in [0.1, 0.15) is 0 Å². The Bertz CT molecular complexity index is 540. The van der Waals surface area contributed by atoms with Crippen molar-refractivity contribution >= 4 is 22.2 Å². The van der Waals surface area contributed by atoms with E-state index in [4.69, 9.17) is 5.73 Å². The van der Waals surface area contributed by atoms with Crippen molar-refractivity contribution in [2.24, 2.45) is 5.73 Å². The van der Waals surface area contributed by atoms with Gasteiger partial charge in [-0.3, -0.25) is 0 Å². The van der Waals surface area contributed by atoms with Crippen LogP contribution in [0.4, 0.5) is 19.6 Å². The first-order valence-electron chi connectivity index (χ1n) is 5.46. The van der Waals surface area contributed by atoms with E-state index in [-0.39, 0.29) is 6.04 Å². The van der Waals surface area contributed by atoms with Crippen LogP contribution in [0.5, 0.6) is 0 Å². The van der Waals surface area contributed by atoms with E-state index >= 15 is 0 Å². The second-order valence-corrected chi connectivity index (χ2v) is 4.94. The molecule has 18 heavy (non-hydrogen) atoms. The van der Waals surface area contributed by atoms with Crippen molar-refractivity contribution in [3.63, 3.8) is 0 Å². The molecule has 2 rings (SSSR count). The van der Waals surface area contributed by atoms with Crippen LogP contribution in [0.25, 0.3) is 0 Å². The molecule has 0 aliphatic carbocycles. The zero-order valence-electron chi connectivity index (χ0n) is 9.78. The molecule has 1 aromatic carbocycles. The van der Waals surface area contributed by atoms with Crippen LogP contribution in [0, 0.1) is 11.6 Å². The Hall–Kier alpha value is -1.53. The van der Waals surface area contributed by atoms with Gasteiger partial charge in [-0.2, -0.15) is 0 Å². The van der Waals surface area contributed by atoms with Crippen molar-refractivity contribution in [2.75, 3.05) is 5.32 Å². The smallest absolute Gasteiger partial charge is 0.187 e. The molecule has 0 radical (unpaired) electrons. The van der Waals surface area contributed by atoms with E-state index < -0.39 is 11.6 Å². The van der Waals surface area contributed by atoms with Crippen LogP contribution >= 0.6 is 11.3 Å². The predicted octanol–water partition coefficient (Wildman–Crippen LogP) is 3.05. The number of hydrogen-bond donors (Lipinski definition) is 2. The Morgan fingerprint density at radius 1 is 1.39 bits per heavy atom. The van der Waals surface area contributed by atoms with Crippen LogP contribution in [0.1, 0.15) is 12.6 Å². The van der Waals surface area contributed by atoms with Gasteiger partial charge in [-0.1, -0.05) is 0 Å². The summed E-state index contributed by atoms with van der Waals surface area (Å²) in [6.07, 6.45) is 0.690. The molecule has 3 nitrogen and oxygen atoms in total. The van der Waals surface area contributed by atoms with Gasteiger partial charge in [-0.25, -0.2) is 13.8 Å². The Labute approximate surface area is 108 Å². The lowest BCUT2D eigenvalue weighted by Gasteiger charge is -2.03. The van der Waals surface area contributed by atoms with Crippen LogP contribution < -0.4 is 11.1 Å². The highest BCUT2D eigenvalue weighted by atomic mass is 32.1.